The highest BCUT2D eigenvalue weighted by atomic mass is 16.5. The molecular weight excluding hydrogens is 206 g/mol. The molecule has 1 aromatic heterocycles. The van der Waals surface area contributed by atoms with E-state index in [0.29, 0.717) is 24.1 Å². The standard InChI is InChI=1S/C12H13NO3/c1-3-9-10-6-8(12(15)16-2)7-13(10)5-4-11(9)14/h3,6-7H,4-5H2,1-2H3. The molecule has 0 fully saturated rings. The normalized spacial score (nSPS) is 17.4. The number of methoxy groups -OCH3 is 1. The minimum absolute atomic E-state index is 0.129. The summed E-state index contributed by atoms with van der Waals surface area (Å²) >= 11 is 0. The summed E-state index contributed by atoms with van der Waals surface area (Å²) in [4.78, 5) is 23.0. The summed E-state index contributed by atoms with van der Waals surface area (Å²) in [7, 11) is 1.35. The van der Waals surface area contributed by atoms with Crippen molar-refractivity contribution in [1.29, 1.82) is 0 Å². The van der Waals surface area contributed by atoms with Crippen LogP contribution in [0.3, 0.4) is 0 Å². The van der Waals surface area contributed by atoms with Crippen LogP contribution in [-0.4, -0.2) is 23.4 Å². The summed E-state index contributed by atoms with van der Waals surface area (Å²) in [5, 5.41) is 0. The van der Waals surface area contributed by atoms with Crippen molar-refractivity contribution in [3.63, 3.8) is 0 Å². The number of aromatic nitrogens is 1. The van der Waals surface area contributed by atoms with Crippen molar-refractivity contribution < 1.29 is 14.3 Å². The molecule has 4 heteroatoms. The minimum Gasteiger partial charge on any atom is -0.465 e. The van der Waals surface area contributed by atoms with Gasteiger partial charge in [0.05, 0.1) is 18.4 Å². The van der Waals surface area contributed by atoms with Gasteiger partial charge in [-0.05, 0) is 13.0 Å². The van der Waals surface area contributed by atoms with Crippen molar-refractivity contribution in [2.45, 2.75) is 19.9 Å². The Morgan fingerprint density at radius 2 is 2.31 bits per heavy atom. The highest BCUT2D eigenvalue weighted by molar-refractivity contribution is 6.21. The quantitative estimate of drug-likeness (QED) is 0.533. The van der Waals surface area contributed by atoms with Crippen molar-refractivity contribution in [2.75, 3.05) is 7.11 Å². The molecule has 0 saturated carbocycles. The Kier molecular flexibility index (Phi) is 2.64. The number of Topliss-reactive ketones (excluding diaryl/α,β-unsaturated/α-hetero) is 1. The number of fused-ring (bicyclic) bond motifs is 1. The van der Waals surface area contributed by atoms with E-state index in [-0.39, 0.29) is 11.8 Å². The highest BCUT2D eigenvalue weighted by Crippen LogP contribution is 2.25. The molecule has 0 unspecified atom stereocenters. The van der Waals surface area contributed by atoms with Crippen molar-refractivity contribution in [2.24, 2.45) is 0 Å². The second kappa shape index (κ2) is 3.96. The summed E-state index contributed by atoms with van der Waals surface area (Å²) in [5.41, 5.74) is 1.98. The molecule has 0 radical (unpaired) electrons. The smallest absolute Gasteiger partial charge is 0.339 e. The maximum absolute atomic E-state index is 11.6. The van der Waals surface area contributed by atoms with Gasteiger partial charge in [-0.2, -0.15) is 0 Å². The van der Waals surface area contributed by atoms with E-state index in [4.69, 9.17) is 0 Å². The first kappa shape index (κ1) is 10.7. The third-order valence-corrected chi connectivity index (χ3v) is 2.76. The van der Waals surface area contributed by atoms with Gasteiger partial charge in [0.1, 0.15) is 0 Å². The van der Waals surface area contributed by atoms with Gasteiger partial charge in [-0.15, -0.1) is 0 Å². The Balaban J connectivity index is 2.48. The van der Waals surface area contributed by atoms with E-state index >= 15 is 0 Å². The zero-order valence-corrected chi connectivity index (χ0v) is 9.32. The summed E-state index contributed by atoms with van der Waals surface area (Å²) in [6.45, 7) is 2.45. The van der Waals surface area contributed by atoms with Gasteiger partial charge in [-0.25, -0.2) is 4.79 Å². The SMILES string of the molecule is CC=C1C(=O)CCn2cc(C(=O)OC)cc21. The first-order valence-corrected chi connectivity index (χ1v) is 5.15. The highest BCUT2D eigenvalue weighted by Gasteiger charge is 2.23. The van der Waals surface area contributed by atoms with Gasteiger partial charge in [0.25, 0.3) is 0 Å². The van der Waals surface area contributed by atoms with Crippen molar-refractivity contribution in [3.8, 4) is 0 Å². The molecule has 1 aromatic rings. The predicted molar refractivity (Wildman–Crippen MR) is 59.0 cm³/mol. The van der Waals surface area contributed by atoms with Gasteiger partial charge in [-0.3, -0.25) is 4.79 Å². The molecule has 0 bridgehead atoms. The van der Waals surface area contributed by atoms with E-state index in [1.54, 1.807) is 18.3 Å². The van der Waals surface area contributed by atoms with Crippen LogP contribution in [0.4, 0.5) is 0 Å². The van der Waals surface area contributed by atoms with Crippen molar-refractivity contribution >= 4 is 17.3 Å². The van der Waals surface area contributed by atoms with Gasteiger partial charge < -0.3 is 9.30 Å². The number of esters is 1. The molecule has 1 aliphatic rings. The number of hydrogen-bond donors (Lipinski definition) is 0. The number of allylic oxidation sites excluding steroid dienone is 2. The Morgan fingerprint density at radius 3 is 2.94 bits per heavy atom. The molecule has 1 aliphatic heterocycles. The van der Waals surface area contributed by atoms with Crippen LogP contribution in [0.15, 0.2) is 18.3 Å². The fourth-order valence-electron chi connectivity index (χ4n) is 1.96. The Bertz CT molecular complexity index is 482. The van der Waals surface area contributed by atoms with Crippen LogP contribution in [-0.2, 0) is 16.1 Å². The van der Waals surface area contributed by atoms with Crippen LogP contribution in [0, 0.1) is 0 Å². The summed E-state index contributed by atoms with van der Waals surface area (Å²) in [5.74, 6) is -0.241. The molecular formula is C12H13NO3. The number of carbonyl (C=O) groups is 2. The van der Waals surface area contributed by atoms with Crippen LogP contribution in [0.25, 0.3) is 5.57 Å². The molecule has 84 valence electrons. The van der Waals surface area contributed by atoms with E-state index in [1.807, 2.05) is 11.5 Å². The second-order valence-corrected chi connectivity index (χ2v) is 3.67. The molecule has 0 atom stereocenters. The molecule has 0 spiro atoms. The predicted octanol–water partition coefficient (Wildman–Crippen LogP) is 1.65. The summed E-state index contributed by atoms with van der Waals surface area (Å²) in [6.07, 6.45) is 4.01. The van der Waals surface area contributed by atoms with Crippen LogP contribution in [0.2, 0.25) is 0 Å². The van der Waals surface area contributed by atoms with Gasteiger partial charge in [-0.1, -0.05) is 6.08 Å². The van der Waals surface area contributed by atoms with E-state index in [2.05, 4.69) is 4.74 Å². The number of aryl methyl sites for hydroxylation is 1. The fraction of sp³-hybridized carbons (Fsp3) is 0.333. The fourth-order valence-corrected chi connectivity index (χ4v) is 1.96. The van der Waals surface area contributed by atoms with Gasteiger partial charge in [0.2, 0.25) is 0 Å². The van der Waals surface area contributed by atoms with Crippen LogP contribution in [0.5, 0.6) is 0 Å². The van der Waals surface area contributed by atoms with Crippen LogP contribution in [0.1, 0.15) is 29.4 Å². The summed E-state index contributed by atoms with van der Waals surface area (Å²) < 4.78 is 6.57. The van der Waals surface area contributed by atoms with Gasteiger partial charge in [0.15, 0.2) is 5.78 Å². The van der Waals surface area contributed by atoms with Crippen molar-refractivity contribution in [3.05, 3.63) is 29.6 Å². The average molecular weight is 219 g/mol. The minimum atomic E-state index is -0.371. The lowest BCUT2D eigenvalue weighted by Gasteiger charge is -2.16. The maximum Gasteiger partial charge on any atom is 0.339 e. The first-order valence-electron chi connectivity index (χ1n) is 5.15. The lowest BCUT2D eigenvalue weighted by atomic mass is 10.0. The van der Waals surface area contributed by atoms with Gasteiger partial charge >= 0.3 is 5.97 Å². The zero-order chi connectivity index (χ0) is 11.7. The van der Waals surface area contributed by atoms with E-state index in [1.165, 1.54) is 7.11 Å². The van der Waals surface area contributed by atoms with Crippen molar-refractivity contribution in [1.82, 2.24) is 4.57 Å². The van der Waals surface area contributed by atoms with Crippen LogP contribution >= 0.6 is 0 Å². The molecule has 0 aromatic carbocycles. The Labute approximate surface area is 93.5 Å². The number of rotatable bonds is 1. The van der Waals surface area contributed by atoms with Crippen LogP contribution < -0.4 is 0 Å². The number of ether oxygens (including phenoxy) is 1. The average Bonchev–Trinajstić information content (AvgIpc) is 2.71. The molecule has 2 heterocycles. The molecule has 4 nitrogen and oxygen atoms in total. The number of ketones is 1. The second-order valence-electron chi connectivity index (χ2n) is 3.67. The summed E-state index contributed by atoms with van der Waals surface area (Å²) in [6, 6.07) is 1.71. The molecule has 2 rings (SSSR count). The molecule has 0 aliphatic carbocycles. The number of hydrogen-bond acceptors (Lipinski definition) is 3. The first-order chi connectivity index (χ1) is 7.67. The lowest BCUT2D eigenvalue weighted by molar-refractivity contribution is -0.114. The molecule has 0 N–H and O–H groups in total. The lowest BCUT2D eigenvalue weighted by Crippen LogP contribution is -2.16. The van der Waals surface area contributed by atoms with E-state index < -0.39 is 0 Å². The maximum atomic E-state index is 11.6. The molecule has 16 heavy (non-hydrogen) atoms. The number of carbonyl (C=O) groups excluding carboxylic acids is 2. The zero-order valence-electron chi connectivity index (χ0n) is 9.32. The largest absolute Gasteiger partial charge is 0.465 e. The Hall–Kier alpha value is -1.84. The third-order valence-electron chi connectivity index (χ3n) is 2.76. The number of nitrogens with zero attached hydrogens (tertiary/aromatic N) is 1. The third kappa shape index (κ3) is 1.56. The Morgan fingerprint density at radius 1 is 1.56 bits per heavy atom. The van der Waals surface area contributed by atoms with E-state index in [9.17, 15) is 9.59 Å². The topological polar surface area (TPSA) is 48.3 Å². The molecule has 0 saturated heterocycles. The molecule has 0 amide bonds. The van der Waals surface area contributed by atoms with Gasteiger partial charge in [0, 0.05) is 24.7 Å². The van der Waals surface area contributed by atoms with E-state index in [0.717, 1.165) is 5.69 Å². The monoisotopic (exact) mass is 219 g/mol.